The van der Waals surface area contributed by atoms with Crippen LogP contribution in [0.25, 0.3) is 31.7 Å². The fourth-order valence-corrected chi connectivity index (χ4v) is 17.7. The van der Waals surface area contributed by atoms with Gasteiger partial charge in [0.05, 0.1) is 132 Å². The first-order chi connectivity index (χ1) is 57.7. The lowest BCUT2D eigenvalue weighted by Crippen LogP contribution is -2.34. The molecule has 10 aliphatic rings. The molecule has 3 aromatic heterocycles. The molecule has 20 rings (SSSR count). The van der Waals surface area contributed by atoms with E-state index in [1.165, 1.54) is 85.8 Å². The van der Waals surface area contributed by atoms with E-state index in [-0.39, 0.29) is 69.2 Å². The van der Waals surface area contributed by atoms with Crippen LogP contribution in [0, 0.1) is 9.49 Å². The fraction of sp³-hybridized carbons (Fsp3) is 0.368. The first-order valence-corrected chi connectivity index (χ1v) is 46.5. The molecule has 10 aromatic rings. The zero-order chi connectivity index (χ0) is 84.9. The molecule has 1 saturated heterocycles. The Labute approximate surface area is 791 Å². The van der Waals surface area contributed by atoms with Gasteiger partial charge in [0.25, 0.3) is 0 Å². The number of anilines is 4. The molecule has 0 spiro atoms. The van der Waals surface area contributed by atoms with Gasteiger partial charge < -0.3 is 80.1 Å². The SMILES string of the molecule is COC(=O)c1cc(OC2CC2)c2nc(Br)sc2c1.COC(=O)c1cc(OC2CC2)c2nc(N)sc2c1.COC(=O)c1ccc(N)c(OC2CC2)c1.Clc1cccc(Cl)c1-c1noc(C2CC2)c1CO[C@@H]1C[C@@H]2C[C@H]1CN2.I.Ic1ccccc1OC1CC1.Nc1ccc(Br)cc1OC1CC1.Nc1ccccc1OC1CC1.O=C1C=CC(Br)(Br)C=C1Br. The number of ether oxygens (including phenoxy) is 10. The second-order valence-electron chi connectivity index (χ2n) is 29.7. The number of rotatable bonds is 20. The average Bonchev–Trinajstić information content (AvgIpc) is 1.28. The molecule has 0 amide bonds. The first-order valence-electron chi connectivity index (χ1n) is 39.1. The molecule has 23 nitrogen and oxygen atoms in total. The number of nitrogens with zero attached hydrogens (tertiary/aromatic N) is 3. The van der Waals surface area contributed by atoms with Gasteiger partial charge in [-0.3, -0.25) is 4.79 Å². The lowest BCUT2D eigenvalue weighted by Gasteiger charge is -2.23. The highest BCUT2D eigenvalue weighted by Crippen LogP contribution is 2.48. The van der Waals surface area contributed by atoms with Crippen molar-refractivity contribution in [3.63, 3.8) is 0 Å². The van der Waals surface area contributed by atoms with Crippen molar-refractivity contribution in [3.05, 3.63) is 200 Å². The summed E-state index contributed by atoms with van der Waals surface area (Å²) < 4.78 is 65.0. The van der Waals surface area contributed by atoms with Gasteiger partial charge in [0.2, 0.25) is 0 Å². The van der Waals surface area contributed by atoms with E-state index in [2.05, 4.69) is 133 Å². The van der Waals surface area contributed by atoms with E-state index >= 15 is 0 Å². The Kier molecular flexibility index (Phi) is 33.7. The summed E-state index contributed by atoms with van der Waals surface area (Å²) in [4.78, 5) is 53.9. The number of carbonyl (C=O) groups excluding carboxylic acids is 4. The smallest absolute Gasteiger partial charge is 0.338 e. The number of para-hydroxylation sites is 3. The van der Waals surface area contributed by atoms with Crippen LogP contribution in [0.4, 0.5) is 22.2 Å². The lowest BCUT2D eigenvalue weighted by molar-refractivity contribution is -0.110. The maximum Gasteiger partial charge on any atom is 0.338 e. The number of nitrogens with two attached hydrogens (primary N) is 4. The number of hydrogen-bond donors (Lipinski definition) is 5. The molecule has 9 fully saturated rings. The summed E-state index contributed by atoms with van der Waals surface area (Å²) in [6.07, 6.45) is 25.5. The third-order valence-electron chi connectivity index (χ3n) is 19.5. The second kappa shape index (κ2) is 43.6. The van der Waals surface area contributed by atoms with Gasteiger partial charge in [0.1, 0.15) is 60.2 Å². The standard InChI is InChI=1S/C19H20Cl2N2O2.C12H10BrNO3S.C12H12N2O3S.C11H13NO3.C9H10BrNO.C9H9IO.C9H11NO.C6H3Br3O.HI/c20-14-2-1-3-15(21)17(14)18-13(19(25-23-18)10-4-5-10)9-24-16-7-12-6-11(16)8-22-12;2*1-16-11(15)6-4-8(17-7-2-3-7)10-9(5-6)18-12(13)14-10;1-14-11(13)7-2-5-9(12)10(6-7)15-8-3-4-8;10-6-1-4-8(11)9(5-6)12-7-2-3-7;2*10-8-3-1-2-4-9(8)11-7-5-6-7;7-4-3-6(8,9)2-1-5(4)10;/h1-3,10-12,16,22H,4-9H2;4-5,7H,2-3H2,1H3;4-5,7H,2-3H2,1H3,(H2,13,14);2,5-6,8H,3-4,12H2,1H3;1,4-5,7H,2-3,11H2;1-4,7H,5-6H2;1-4,7H,5-6,10H2;1-3H;1H/t11-,12-,16+;;;;;;;;/m0......../s1. The molecule has 2 bridgehead atoms. The minimum Gasteiger partial charge on any atom is -0.489 e. The van der Waals surface area contributed by atoms with Crippen LogP contribution in [0.2, 0.25) is 10.0 Å². The molecule has 3 atom stereocenters. The Hall–Kier alpha value is -6.55. The quantitative estimate of drug-likeness (QED) is 0.0156. The van der Waals surface area contributed by atoms with Gasteiger partial charge in [-0.25, -0.2) is 24.4 Å². The number of aromatic nitrogens is 3. The summed E-state index contributed by atoms with van der Waals surface area (Å²) in [7, 11) is 4.08. The highest BCUT2D eigenvalue weighted by atomic mass is 127. The van der Waals surface area contributed by atoms with Gasteiger partial charge in [-0.05, 0) is 278 Å². The topological polar surface area (TPSA) is 328 Å². The zero-order valence-corrected chi connectivity index (χ0v) is 81.4. The van der Waals surface area contributed by atoms with Crippen LogP contribution in [0.5, 0.6) is 34.5 Å². The van der Waals surface area contributed by atoms with E-state index in [1.807, 2.05) is 78.9 Å². The zero-order valence-electron chi connectivity index (χ0n) is 65.9. The van der Waals surface area contributed by atoms with Crippen molar-refractivity contribution in [3.8, 4) is 45.8 Å². The van der Waals surface area contributed by atoms with E-state index in [9.17, 15) is 19.2 Å². The van der Waals surface area contributed by atoms with E-state index in [0.29, 0.717) is 114 Å². The monoisotopic (exact) mass is 2270 g/mol. The molecular weight excluding hydrogens is 2190 g/mol. The number of fused-ring (bicyclic) bond motifs is 4. The van der Waals surface area contributed by atoms with Gasteiger partial charge in [0, 0.05) is 34.1 Å². The highest BCUT2D eigenvalue weighted by molar-refractivity contribution is 14.1. The number of benzene rings is 7. The Morgan fingerprint density at radius 2 is 1.04 bits per heavy atom. The normalized spacial score (nSPS) is 18.5. The molecule has 0 radical (unpaired) electrons. The summed E-state index contributed by atoms with van der Waals surface area (Å²) in [5.74, 6) is 5.42. The molecule has 1 aliphatic heterocycles. The molecule has 0 unspecified atom stereocenters. The summed E-state index contributed by atoms with van der Waals surface area (Å²) in [5.41, 5.74) is 30.3. The molecule has 642 valence electrons. The first kappa shape index (κ1) is 93.6. The van der Waals surface area contributed by atoms with Crippen molar-refractivity contribution in [2.75, 3.05) is 50.8 Å². The van der Waals surface area contributed by atoms with E-state index in [0.717, 1.165) is 152 Å². The number of hydrogen-bond acceptors (Lipinski definition) is 25. The molecule has 8 saturated carbocycles. The highest BCUT2D eigenvalue weighted by Gasteiger charge is 2.42. The van der Waals surface area contributed by atoms with Crippen LogP contribution in [-0.2, 0) is 30.3 Å². The number of nitrogens with one attached hydrogen (secondary N) is 1. The summed E-state index contributed by atoms with van der Waals surface area (Å²) in [5, 5.41) is 9.50. The van der Waals surface area contributed by atoms with Crippen molar-refractivity contribution in [2.24, 2.45) is 5.92 Å². The van der Waals surface area contributed by atoms with E-state index < -0.39 is 0 Å². The van der Waals surface area contributed by atoms with Crippen molar-refractivity contribution in [2.45, 2.75) is 167 Å². The molecule has 4 heterocycles. The Morgan fingerprint density at radius 3 is 1.55 bits per heavy atom. The second-order valence-corrected chi connectivity index (χ2v) is 40.5. The van der Waals surface area contributed by atoms with Crippen LogP contribution in [0.15, 0.2) is 163 Å². The number of alkyl halides is 2. The number of esters is 3. The molecule has 7 aromatic carbocycles. The van der Waals surface area contributed by atoms with Gasteiger partial charge in [-0.15, -0.1) is 35.3 Å². The number of thiazole rings is 2. The predicted molar refractivity (Wildman–Crippen MR) is 511 cm³/mol. The summed E-state index contributed by atoms with van der Waals surface area (Å²) in [6, 6.07) is 39.4. The third-order valence-corrected chi connectivity index (χ3v) is 25.5. The van der Waals surface area contributed by atoms with Crippen LogP contribution < -0.4 is 56.7 Å². The largest absolute Gasteiger partial charge is 0.489 e. The number of nitrogen functional groups attached to an aromatic ring is 4. The molecule has 34 heteroatoms. The van der Waals surface area contributed by atoms with E-state index in [4.69, 9.17) is 93.3 Å². The van der Waals surface area contributed by atoms with Crippen molar-refractivity contribution in [1.82, 2.24) is 20.4 Å². The minimum atomic E-state index is -0.385. The van der Waals surface area contributed by atoms with Crippen molar-refractivity contribution in [1.29, 1.82) is 0 Å². The minimum absolute atomic E-state index is 0. The Balaban J connectivity index is 0.000000129. The Morgan fingerprint density at radius 1 is 0.562 bits per heavy atom. The van der Waals surface area contributed by atoms with Crippen molar-refractivity contribution >= 4 is 238 Å². The number of halogens is 9. The number of carbonyl (C=O) groups is 4. The van der Waals surface area contributed by atoms with Gasteiger partial charge in [-0.2, -0.15) is 0 Å². The fourth-order valence-electron chi connectivity index (χ4n) is 12.2. The maximum absolute atomic E-state index is 11.6. The summed E-state index contributed by atoms with van der Waals surface area (Å²) >= 11 is 34.4. The predicted octanol–water partition coefficient (Wildman–Crippen LogP) is 22.7. The maximum atomic E-state index is 11.6. The molecule has 9 aliphatic carbocycles. The molecule has 9 N–H and O–H groups in total. The van der Waals surface area contributed by atoms with Crippen molar-refractivity contribution < 1.29 is 71.1 Å². The van der Waals surface area contributed by atoms with Crippen LogP contribution in [0.1, 0.15) is 151 Å². The van der Waals surface area contributed by atoms with Gasteiger partial charge in [-0.1, -0.05) is 118 Å². The number of methoxy groups -OCH3 is 3. The summed E-state index contributed by atoms with van der Waals surface area (Å²) in [6.45, 7) is 1.58. The van der Waals surface area contributed by atoms with E-state index in [1.54, 1.807) is 54.6 Å². The number of ketones is 1. The Bertz CT molecular complexity index is 5200. The van der Waals surface area contributed by atoms with Crippen LogP contribution in [-0.4, -0.2) is 119 Å². The van der Waals surface area contributed by atoms with Crippen LogP contribution in [0.3, 0.4) is 0 Å². The lowest BCUT2D eigenvalue weighted by atomic mass is 10.0. The van der Waals surface area contributed by atoms with Gasteiger partial charge in [0.15, 0.2) is 14.8 Å². The molecular formula is C87H89Br5Cl2I2N8O15S2. The number of piperidine rings is 1. The average molecular weight is 2280 g/mol. The molecule has 121 heavy (non-hydrogen) atoms. The number of allylic oxidation sites excluding steroid dienone is 4. The van der Waals surface area contributed by atoms with Gasteiger partial charge >= 0.3 is 17.9 Å². The van der Waals surface area contributed by atoms with Crippen LogP contribution >= 0.6 is 172 Å². The third kappa shape index (κ3) is 28.0.